The first-order valence-electron chi connectivity index (χ1n) is 9.59. The van der Waals surface area contributed by atoms with Crippen molar-refractivity contribution in [2.75, 3.05) is 0 Å². The van der Waals surface area contributed by atoms with Crippen molar-refractivity contribution in [2.24, 2.45) is 16.7 Å². The van der Waals surface area contributed by atoms with Crippen LogP contribution in [0.2, 0.25) is 5.02 Å². The van der Waals surface area contributed by atoms with Gasteiger partial charge in [-0.15, -0.1) is 16.4 Å². The maximum Gasteiger partial charge on any atom is 0.152 e. The minimum atomic E-state index is 0.317. The summed E-state index contributed by atoms with van der Waals surface area (Å²) < 4.78 is 6.17. The highest BCUT2D eigenvalue weighted by Gasteiger charge is 2.15. The Morgan fingerprint density at radius 2 is 1.81 bits per heavy atom. The van der Waals surface area contributed by atoms with Crippen LogP contribution >= 0.6 is 22.9 Å². The quantitative estimate of drug-likeness (QED) is 0.153. The van der Waals surface area contributed by atoms with Crippen molar-refractivity contribution >= 4 is 28.8 Å². The zero-order valence-electron chi connectivity index (χ0n) is 16.6. The number of nitrogens with one attached hydrogen (secondary N) is 1. The van der Waals surface area contributed by atoms with E-state index < -0.39 is 0 Å². The summed E-state index contributed by atoms with van der Waals surface area (Å²) in [6, 6.07) is 25.7. The van der Waals surface area contributed by atoms with Crippen molar-refractivity contribution in [3.05, 3.63) is 100 Å². The molecule has 1 aromatic heterocycles. The molecule has 4 rings (SSSR count). The number of benzene rings is 3. The number of nitrogens with two attached hydrogens (primary N) is 2. The lowest BCUT2D eigenvalue weighted by atomic mass is 10.0. The monoisotopic (exact) mass is 448 g/mol. The normalized spacial score (nSPS) is 11.4. The number of hydrazone groups is 1. The van der Waals surface area contributed by atoms with Crippen LogP contribution in [0.1, 0.15) is 11.1 Å². The topological polar surface area (TPSA) is 85.7 Å². The van der Waals surface area contributed by atoms with E-state index in [9.17, 15) is 0 Å². The highest BCUT2D eigenvalue weighted by atomic mass is 35.5. The molecule has 0 aliphatic heterocycles. The molecule has 0 radical (unpaired) electrons. The molecule has 1 heterocycles. The van der Waals surface area contributed by atoms with Gasteiger partial charge in [-0.3, -0.25) is 0 Å². The Labute approximate surface area is 189 Å². The molecule has 5 nitrogen and oxygen atoms in total. The highest BCUT2D eigenvalue weighted by molar-refractivity contribution is 7.14. The van der Waals surface area contributed by atoms with Crippen molar-refractivity contribution in [3.63, 3.8) is 0 Å². The molecular formula is C24H21ClN4OS. The fourth-order valence-corrected chi connectivity index (χ4v) is 4.35. The summed E-state index contributed by atoms with van der Waals surface area (Å²) in [6.45, 7) is 0.476. The standard InChI is InChI=1S/C24H21ClN4OS/c25-19-9-10-22(30-15-16-5-2-1-3-6-16)21(14-19)20-11-12-31-23(20)17-7-4-8-18(13-17)24(26)28-29-27/h1-14,29H,15,27H2,(H2,26,28). The number of hydrogen-bond acceptors (Lipinski definition) is 5. The minimum Gasteiger partial charge on any atom is -0.488 e. The van der Waals surface area contributed by atoms with Crippen LogP contribution in [0.3, 0.4) is 0 Å². The second kappa shape index (κ2) is 9.66. The summed E-state index contributed by atoms with van der Waals surface area (Å²) in [5, 5.41) is 6.57. The smallest absolute Gasteiger partial charge is 0.152 e. The largest absolute Gasteiger partial charge is 0.488 e. The van der Waals surface area contributed by atoms with Crippen LogP contribution in [0.25, 0.3) is 21.6 Å². The Bertz CT molecular complexity index is 1210. The van der Waals surface area contributed by atoms with Crippen LogP contribution in [-0.2, 0) is 6.61 Å². The first-order valence-corrected chi connectivity index (χ1v) is 10.8. The third-order valence-electron chi connectivity index (χ3n) is 4.74. The van der Waals surface area contributed by atoms with Crippen molar-refractivity contribution in [2.45, 2.75) is 6.61 Å². The Morgan fingerprint density at radius 3 is 2.61 bits per heavy atom. The lowest BCUT2D eigenvalue weighted by molar-refractivity contribution is 0.307. The summed E-state index contributed by atoms with van der Waals surface area (Å²) in [4.78, 5) is 1.09. The van der Waals surface area contributed by atoms with Gasteiger partial charge in [-0.2, -0.15) is 0 Å². The predicted molar refractivity (Wildman–Crippen MR) is 129 cm³/mol. The summed E-state index contributed by atoms with van der Waals surface area (Å²) in [5.74, 6) is 6.35. The maximum atomic E-state index is 6.35. The van der Waals surface area contributed by atoms with E-state index in [-0.39, 0.29) is 0 Å². The number of hydrazine groups is 1. The second-order valence-corrected chi connectivity index (χ2v) is 8.14. The van der Waals surface area contributed by atoms with Gasteiger partial charge in [0.15, 0.2) is 5.84 Å². The summed E-state index contributed by atoms with van der Waals surface area (Å²) in [7, 11) is 0. The Morgan fingerprint density at radius 1 is 0.968 bits per heavy atom. The fourth-order valence-electron chi connectivity index (χ4n) is 3.27. The number of nitrogens with zero attached hydrogens (tertiary/aromatic N) is 1. The third kappa shape index (κ3) is 4.88. The van der Waals surface area contributed by atoms with Crippen molar-refractivity contribution in [1.29, 1.82) is 0 Å². The molecule has 3 aromatic carbocycles. The van der Waals surface area contributed by atoms with Crippen LogP contribution in [0, 0.1) is 0 Å². The van der Waals surface area contributed by atoms with Gasteiger partial charge in [0.2, 0.25) is 0 Å². The second-order valence-electron chi connectivity index (χ2n) is 6.79. The van der Waals surface area contributed by atoms with E-state index in [0.29, 0.717) is 17.5 Å². The first-order chi connectivity index (χ1) is 15.2. The molecule has 0 saturated heterocycles. The number of halogens is 1. The van der Waals surface area contributed by atoms with E-state index in [1.165, 1.54) is 0 Å². The average molecular weight is 449 g/mol. The van der Waals surface area contributed by atoms with E-state index in [1.54, 1.807) is 11.3 Å². The van der Waals surface area contributed by atoms with Crippen LogP contribution in [0.15, 0.2) is 89.3 Å². The van der Waals surface area contributed by atoms with Crippen LogP contribution in [0.5, 0.6) is 5.75 Å². The Balaban J connectivity index is 1.71. The van der Waals surface area contributed by atoms with E-state index in [4.69, 9.17) is 27.9 Å². The molecule has 7 heteroatoms. The van der Waals surface area contributed by atoms with Crippen molar-refractivity contribution in [3.8, 4) is 27.3 Å². The molecule has 0 unspecified atom stereocenters. The summed E-state index contributed by atoms with van der Waals surface area (Å²) in [6.07, 6.45) is 0. The number of thiophene rings is 1. The number of rotatable bonds is 7. The molecule has 0 saturated carbocycles. The predicted octanol–water partition coefficient (Wildman–Crippen LogP) is 5.40. The molecule has 31 heavy (non-hydrogen) atoms. The fraction of sp³-hybridized carbons (Fsp3) is 0.0417. The Hall–Kier alpha value is -3.32. The Kier molecular flexibility index (Phi) is 6.52. The molecule has 0 amide bonds. The van der Waals surface area contributed by atoms with Gasteiger partial charge in [0.05, 0.1) is 0 Å². The lowest BCUT2D eigenvalue weighted by Gasteiger charge is -2.13. The van der Waals surface area contributed by atoms with E-state index >= 15 is 0 Å². The van der Waals surface area contributed by atoms with E-state index in [2.05, 4.69) is 22.1 Å². The van der Waals surface area contributed by atoms with Gasteiger partial charge >= 0.3 is 0 Å². The van der Waals surface area contributed by atoms with Gasteiger partial charge in [-0.05, 0) is 46.8 Å². The zero-order valence-corrected chi connectivity index (χ0v) is 18.2. The molecule has 0 aliphatic carbocycles. The van der Waals surface area contributed by atoms with Gasteiger partial charge in [0.25, 0.3) is 0 Å². The zero-order chi connectivity index (χ0) is 21.6. The van der Waals surface area contributed by atoms with Crippen LogP contribution in [0.4, 0.5) is 0 Å². The maximum absolute atomic E-state index is 6.35. The highest BCUT2D eigenvalue weighted by Crippen LogP contribution is 2.42. The number of hydrogen-bond donors (Lipinski definition) is 3. The van der Waals surface area contributed by atoms with Gasteiger partial charge in [0.1, 0.15) is 12.4 Å². The number of amidine groups is 1. The van der Waals surface area contributed by atoms with Gasteiger partial charge in [-0.25, -0.2) is 11.4 Å². The summed E-state index contributed by atoms with van der Waals surface area (Å²) in [5.41, 5.74) is 13.1. The minimum absolute atomic E-state index is 0.317. The molecule has 0 spiro atoms. The molecule has 156 valence electrons. The molecule has 0 fully saturated rings. The van der Waals surface area contributed by atoms with Gasteiger partial charge in [-0.1, -0.05) is 60.1 Å². The molecule has 0 atom stereocenters. The summed E-state index contributed by atoms with van der Waals surface area (Å²) >= 11 is 7.99. The molecule has 0 bridgehead atoms. The first kappa shape index (κ1) is 20.9. The van der Waals surface area contributed by atoms with E-state index in [0.717, 1.165) is 38.4 Å². The molecule has 0 aliphatic rings. The van der Waals surface area contributed by atoms with Crippen molar-refractivity contribution < 1.29 is 4.74 Å². The lowest BCUT2D eigenvalue weighted by Crippen LogP contribution is -2.22. The van der Waals surface area contributed by atoms with Crippen LogP contribution < -0.4 is 21.8 Å². The molecular weight excluding hydrogens is 428 g/mol. The molecule has 5 N–H and O–H groups in total. The van der Waals surface area contributed by atoms with Crippen molar-refractivity contribution in [1.82, 2.24) is 5.53 Å². The van der Waals surface area contributed by atoms with Gasteiger partial charge in [0, 0.05) is 26.6 Å². The van der Waals surface area contributed by atoms with E-state index in [1.807, 2.05) is 72.8 Å². The van der Waals surface area contributed by atoms with Gasteiger partial charge < -0.3 is 10.5 Å². The number of ether oxygens (including phenoxy) is 1. The van der Waals surface area contributed by atoms with Crippen LogP contribution in [-0.4, -0.2) is 5.84 Å². The SMILES string of the molecule is NN/N=C(\N)c1cccc(-c2sccc2-c2cc(Cl)ccc2OCc2ccccc2)c1. The third-order valence-corrected chi connectivity index (χ3v) is 5.94. The average Bonchev–Trinajstić information content (AvgIpc) is 3.29. The molecule has 4 aromatic rings.